The van der Waals surface area contributed by atoms with Crippen LogP contribution in [-0.2, 0) is 4.79 Å². The fourth-order valence-electron chi connectivity index (χ4n) is 2.58. The molecule has 2 rings (SSSR count). The van der Waals surface area contributed by atoms with Gasteiger partial charge in [-0.15, -0.1) is 0 Å². The zero-order valence-corrected chi connectivity index (χ0v) is 12.3. The average molecular weight is 297 g/mol. The molecular weight excluding hydrogens is 276 g/mol. The van der Waals surface area contributed by atoms with Gasteiger partial charge in [0.2, 0.25) is 0 Å². The summed E-state index contributed by atoms with van der Waals surface area (Å²) in [5.74, 6) is 0.702. The molecule has 1 saturated heterocycles. The standard InChI is InChI=1S/C15H21ClN2O2/c16-12-4-6-14(7-5-12)20-11-15(19)18-10-2-1-3-13(18)8-9-17/h4-7,13H,1-3,8-11,17H2. The molecule has 110 valence electrons. The second-order valence-electron chi connectivity index (χ2n) is 5.06. The van der Waals surface area contributed by atoms with Gasteiger partial charge in [0.05, 0.1) is 0 Å². The van der Waals surface area contributed by atoms with E-state index in [9.17, 15) is 4.79 Å². The maximum atomic E-state index is 12.3. The Morgan fingerprint density at radius 1 is 1.35 bits per heavy atom. The van der Waals surface area contributed by atoms with E-state index in [1.54, 1.807) is 24.3 Å². The van der Waals surface area contributed by atoms with Crippen molar-refractivity contribution in [2.45, 2.75) is 31.7 Å². The Hall–Kier alpha value is -1.26. The fraction of sp³-hybridized carbons (Fsp3) is 0.533. The van der Waals surface area contributed by atoms with Crippen LogP contribution in [0, 0.1) is 0 Å². The number of halogens is 1. The van der Waals surface area contributed by atoms with Crippen LogP contribution in [0.3, 0.4) is 0 Å². The first-order chi connectivity index (χ1) is 9.70. The van der Waals surface area contributed by atoms with Crippen molar-refractivity contribution in [1.29, 1.82) is 0 Å². The maximum absolute atomic E-state index is 12.3. The third-order valence-corrected chi connectivity index (χ3v) is 3.88. The van der Waals surface area contributed by atoms with Gasteiger partial charge in [-0.1, -0.05) is 11.6 Å². The second kappa shape index (κ2) is 7.50. The number of benzene rings is 1. The summed E-state index contributed by atoms with van der Waals surface area (Å²) in [4.78, 5) is 14.2. The van der Waals surface area contributed by atoms with Crippen LogP contribution in [0.2, 0.25) is 5.02 Å². The maximum Gasteiger partial charge on any atom is 0.260 e. The normalized spacial score (nSPS) is 18.9. The number of piperidine rings is 1. The number of hydrogen-bond donors (Lipinski definition) is 1. The van der Waals surface area contributed by atoms with E-state index in [0.717, 1.165) is 25.8 Å². The van der Waals surface area contributed by atoms with Crippen molar-refractivity contribution in [2.75, 3.05) is 19.7 Å². The molecule has 1 amide bonds. The topological polar surface area (TPSA) is 55.6 Å². The number of carbonyl (C=O) groups excluding carboxylic acids is 1. The number of carbonyl (C=O) groups is 1. The van der Waals surface area contributed by atoms with Gasteiger partial charge in [-0.3, -0.25) is 4.79 Å². The number of nitrogens with zero attached hydrogens (tertiary/aromatic N) is 1. The van der Waals surface area contributed by atoms with Crippen molar-refractivity contribution in [2.24, 2.45) is 5.73 Å². The van der Waals surface area contributed by atoms with E-state index < -0.39 is 0 Å². The smallest absolute Gasteiger partial charge is 0.260 e. The molecule has 20 heavy (non-hydrogen) atoms. The lowest BCUT2D eigenvalue weighted by Gasteiger charge is -2.35. The van der Waals surface area contributed by atoms with Crippen LogP contribution in [0.4, 0.5) is 0 Å². The van der Waals surface area contributed by atoms with Gasteiger partial charge in [-0.2, -0.15) is 0 Å². The molecule has 1 fully saturated rings. The SMILES string of the molecule is NCCC1CCCCN1C(=O)COc1ccc(Cl)cc1. The highest BCUT2D eigenvalue weighted by Gasteiger charge is 2.26. The minimum absolute atomic E-state index is 0.0399. The largest absolute Gasteiger partial charge is 0.484 e. The zero-order chi connectivity index (χ0) is 14.4. The Balaban J connectivity index is 1.88. The number of ether oxygens (including phenoxy) is 1. The van der Waals surface area contributed by atoms with E-state index in [1.807, 2.05) is 4.90 Å². The van der Waals surface area contributed by atoms with E-state index in [2.05, 4.69) is 0 Å². The first-order valence-corrected chi connectivity index (χ1v) is 7.46. The van der Waals surface area contributed by atoms with Gasteiger partial charge in [-0.25, -0.2) is 0 Å². The Kier molecular flexibility index (Phi) is 5.68. The molecule has 5 heteroatoms. The van der Waals surface area contributed by atoms with E-state index >= 15 is 0 Å². The summed E-state index contributed by atoms with van der Waals surface area (Å²) in [6.07, 6.45) is 4.15. The second-order valence-corrected chi connectivity index (χ2v) is 5.49. The molecule has 0 aliphatic carbocycles. The summed E-state index contributed by atoms with van der Waals surface area (Å²) >= 11 is 5.81. The fourth-order valence-corrected chi connectivity index (χ4v) is 2.71. The Morgan fingerprint density at radius 2 is 2.10 bits per heavy atom. The molecule has 0 spiro atoms. The van der Waals surface area contributed by atoms with Gasteiger partial charge in [0.25, 0.3) is 5.91 Å². The summed E-state index contributed by atoms with van der Waals surface area (Å²) in [6, 6.07) is 7.31. The lowest BCUT2D eigenvalue weighted by atomic mass is 9.99. The number of likely N-dealkylation sites (tertiary alicyclic amines) is 1. The molecule has 0 radical (unpaired) electrons. The summed E-state index contributed by atoms with van der Waals surface area (Å²) in [6.45, 7) is 1.50. The molecule has 1 aliphatic rings. The van der Waals surface area contributed by atoms with E-state index in [-0.39, 0.29) is 18.6 Å². The molecule has 0 bridgehead atoms. The van der Waals surface area contributed by atoms with Gasteiger partial charge >= 0.3 is 0 Å². The minimum atomic E-state index is 0.0399. The lowest BCUT2D eigenvalue weighted by Crippen LogP contribution is -2.46. The van der Waals surface area contributed by atoms with Gasteiger partial charge < -0.3 is 15.4 Å². The van der Waals surface area contributed by atoms with E-state index in [1.165, 1.54) is 6.42 Å². The van der Waals surface area contributed by atoms with Crippen LogP contribution in [0.15, 0.2) is 24.3 Å². The molecule has 0 saturated carbocycles. The minimum Gasteiger partial charge on any atom is -0.484 e. The Labute approximate surface area is 124 Å². The number of amides is 1. The predicted octanol–water partition coefficient (Wildman–Crippen LogP) is 2.45. The summed E-state index contributed by atoms with van der Waals surface area (Å²) < 4.78 is 5.52. The predicted molar refractivity (Wildman–Crippen MR) is 80.0 cm³/mol. The monoisotopic (exact) mass is 296 g/mol. The van der Waals surface area contributed by atoms with E-state index in [0.29, 0.717) is 17.3 Å². The quantitative estimate of drug-likeness (QED) is 0.908. The average Bonchev–Trinajstić information content (AvgIpc) is 2.47. The van der Waals surface area contributed by atoms with Crippen molar-refractivity contribution in [1.82, 2.24) is 4.90 Å². The summed E-state index contributed by atoms with van der Waals surface area (Å²) in [7, 11) is 0. The van der Waals surface area contributed by atoms with Crippen LogP contribution < -0.4 is 10.5 Å². The molecule has 1 atom stereocenters. The highest BCUT2D eigenvalue weighted by Crippen LogP contribution is 2.20. The highest BCUT2D eigenvalue weighted by atomic mass is 35.5. The van der Waals surface area contributed by atoms with Gasteiger partial charge in [0, 0.05) is 17.6 Å². The third kappa shape index (κ3) is 4.12. The number of rotatable bonds is 5. The van der Waals surface area contributed by atoms with Crippen molar-refractivity contribution in [3.63, 3.8) is 0 Å². The van der Waals surface area contributed by atoms with Crippen LogP contribution in [-0.4, -0.2) is 36.5 Å². The van der Waals surface area contributed by atoms with E-state index in [4.69, 9.17) is 22.1 Å². The zero-order valence-electron chi connectivity index (χ0n) is 11.6. The van der Waals surface area contributed by atoms with Crippen LogP contribution in [0.25, 0.3) is 0 Å². The van der Waals surface area contributed by atoms with Gasteiger partial charge in [0.1, 0.15) is 5.75 Å². The lowest BCUT2D eigenvalue weighted by molar-refractivity contribution is -0.137. The summed E-state index contributed by atoms with van der Waals surface area (Å²) in [5, 5.41) is 0.655. The van der Waals surface area contributed by atoms with Crippen LogP contribution >= 0.6 is 11.6 Å². The summed E-state index contributed by atoms with van der Waals surface area (Å²) in [5.41, 5.74) is 5.62. The Bertz CT molecular complexity index is 434. The molecule has 1 aliphatic heterocycles. The molecule has 1 unspecified atom stereocenters. The molecule has 1 aromatic carbocycles. The van der Waals surface area contributed by atoms with Crippen molar-refractivity contribution in [3.05, 3.63) is 29.3 Å². The third-order valence-electron chi connectivity index (χ3n) is 3.62. The highest BCUT2D eigenvalue weighted by molar-refractivity contribution is 6.30. The van der Waals surface area contributed by atoms with Gasteiger partial charge in [0.15, 0.2) is 6.61 Å². The van der Waals surface area contributed by atoms with Crippen molar-refractivity contribution in [3.8, 4) is 5.75 Å². The first-order valence-electron chi connectivity index (χ1n) is 7.08. The van der Waals surface area contributed by atoms with Crippen LogP contribution in [0.1, 0.15) is 25.7 Å². The number of nitrogens with two attached hydrogens (primary N) is 1. The molecule has 0 aromatic heterocycles. The molecule has 4 nitrogen and oxygen atoms in total. The van der Waals surface area contributed by atoms with Crippen molar-refractivity contribution >= 4 is 17.5 Å². The van der Waals surface area contributed by atoms with Gasteiger partial charge in [-0.05, 0) is 56.5 Å². The van der Waals surface area contributed by atoms with Crippen molar-refractivity contribution < 1.29 is 9.53 Å². The Morgan fingerprint density at radius 3 is 2.80 bits per heavy atom. The molecule has 2 N–H and O–H groups in total. The first kappa shape index (κ1) is 15.1. The van der Waals surface area contributed by atoms with Crippen LogP contribution in [0.5, 0.6) is 5.75 Å². The number of hydrogen-bond acceptors (Lipinski definition) is 3. The molecule has 1 aromatic rings. The molecule has 1 heterocycles. The molecular formula is C15H21ClN2O2.